The summed E-state index contributed by atoms with van der Waals surface area (Å²) in [6.45, 7) is 3.50. The first-order valence-electron chi connectivity index (χ1n) is 9.71. The first-order chi connectivity index (χ1) is 14.5. The van der Waals surface area contributed by atoms with E-state index >= 15 is 0 Å². The summed E-state index contributed by atoms with van der Waals surface area (Å²) in [5.74, 6) is 0.727. The van der Waals surface area contributed by atoms with Crippen LogP contribution in [0.1, 0.15) is 30.2 Å². The number of amides is 2. The number of thioether (sulfide) groups is 1. The number of hydrogen-bond acceptors (Lipinski definition) is 7. The third-order valence-electron chi connectivity index (χ3n) is 4.86. The van der Waals surface area contributed by atoms with Crippen LogP contribution in [0.5, 0.6) is 0 Å². The van der Waals surface area contributed by atoms with Crippen molar-refractivity contribution in [2.75, 3.05) is 16.4 Å². The van der Waals surface area contributed by atoms with Crippen LogP contribution >= 0.6 is 23.1 Å². The fourth-order valence-corrected chi connectivity index (χ4v) is 4.70. The van der Waals surface area contributed by atoms with Gasteiger partial charge >= 0.3 is 0 Å². The Morgan fingerprint density at radius 1 is 1.23 bits per heavy atom. The molecule has 1 atom stereocenters. The highest BCUT2D eigenvalue weighted by atomic mass is 32.2. The van der Waals surface area contributed by atoms with Crippen LogP contribution in [0.4, 0.5) is 10.9 Å². The number of benzene rings is 1. The van der Waals surface area contributed by atoms with Gasteiger partial charge in [0.1, 0.15) is 5.76 Å². The van der Waals surface area contributed by atoms with Crippen LogP contribution in [0.15, 0.2) is 34.2 Å². The van der Waals surface area contributed by atoms with Gasteiger partial charge in [-0.1, -0.05) is 17.3 Å². The molecule has 2 amide bonds. The van der Waals surface area contributed by atoms with Gasteiger partial charge in [-0.25, -0.2) is 4.98 Å². The summed E-state index contributed by atoms with van der Waals surface area (Å²) < 4.78 is 4.92. The number of carbonyl (C=O) groups is 2. The van der Waals surface area contributed by atoms with Gasteiger partial charge in [-0.2, -0.15) is 0 Å². The van der Waals surface area contributed by atoms with Crippen molar-refractivity contribution in [2.45, 2.75) is 38.4 Å². The lowest BCUT2D eigenvalue weighted by atomic mass is 10.1. The van der Waals surface area contributed by atoms with E-state index in [9.17, 15) is 9.59 Å². The maximum atomic E-state index is 12.3. The molecule has 3 aromatic rings. The Labute approximate surface area is 182 Å². The molecular formula is C21H22N4O3S2. The average Bonchev–Trinajstić information content (AvgIpc) is 3.46. The van der Waals surface area contributed by atoms with Crippen molar-refractivity contribution in [1.29, 1.82) is 0 Å². The van der Waals surface area contributed by atoms with Gasteiger partial charge in [0.2, 0.25) is 11.8 Å². The molecule has 2 heterocycles. The number of fused-ring (bicyclic) bond motifs is 1. The molecule has 2 N–H and O–H groups in total. The molecule has 0 spiro atoms. The summed E-state index contributed by atoms with van der Waals surface area (Å²) in [6.07, 6.45) is 3.49. The van der Waals surface area contributed by atoms with Crippen LogP contribution in [0.25, 0.3) is 11.3 Å². The Morgan fingerprint density at radius 3 is 2.87 bits per heavy atom. The highest BCUT2D eigenvalue weighted by molar-refractivity contribution is 8.01. The van der Waals surface area contributed by atoms with Crippen LogP contribution in [-0.2, 0) is 22.4 Å². The summed E-state index contributed by atoms with van der Waals surface area (Å²) in [5.41, 5.74) is 4.77. The molecule has 156 valence electrons. The Balaban J connectivity index is 1.27. The van der Waals surface area contributed by atoms with E-state index in [1.807, 2.05) is 5.38 Å². The van der Waals surface area contributed by atoms with Gasteiger partial charge in [0.05, 0.1) is 16.7 Å². The van der Waals surface area contributed by atoms with E-state index in [1.165, 1.54) is 40.6 Å². The lowest BCUT2D eigenvalue weighted by Crippen LogP contribution is -2.25. The molecule has 0 saturated heterocycles. The molecule has 0 fully saturated rings. The predicted octanol–water partition coefficient (Wildman–Crippen LogP) is 4.29. The quantitative estimate of drug-likeness (QED) is 0.566. The average molecular weight is 443 g/mol. The van der Waals surface area contributed by atoms with Gasteiger partial charge in [-0.05, 0) is 50.3 Å². The Morgan fingerprint density at radius 2 is 2.07 bits per heavy atom. The highest BCUT2D eigenvalue weighted by Gasteiger charge is 2.18. The predicted molar refractivity (Wildman–Crippen MR) is 120 cm³/mol. The monoisotopic (exact) mass is 442 g/mol. The van der Waals surface area contributed by atoms with Crippen molar-refractivity contribution < 1.29 is 14.1 Å². The molecule has 0 aliphatic heterocycles. The number of aromatic nitrogens is 2. The number of carbonyl (C=O) groups excluding carboxylic acids is 2. The summed E-state index contributed by atoms with van der Waals surface area (Å²) in [4.78, 5) is 29.0. The maximum Gasteiger partial charge on any atom is 0.238 e. The fourth-order valence-electron chi connectivity index (χ4n) is 3.28. The Bertz CT molecular complexity index is 1080. The van der Waals surface area contributed by atoms with Gasteiger partial charge in [-0.15, -0.1) is 23.1 Å². The number of nitrogens with zero attached hydrogens (tertiary/aromatic N) is 2. The van der Waals surface area contributed by atoms with Crippen LogP contribution < -0.4 is 10.6 Å². The summed E-state index contributed by atoms with van der Waals surface area (Å²) in [5, 5.41) is 11.3. The van der Waals surface area contributed by atoms with Crippen molar-refractivity contribution in [1.82, 2.24) is 10.1 Å². The SMILES string of the molecule is Cc1cc(NC(=O)C(C)SCC(=O)Nc2nc(-c3ccc4c(c3)CCC4)cs2)no1. The van der Waals surface area contributed by atoms with E-state index in [0.29, 0.717) is 16.7 Å². The zero-order valence-electron chi connectivity index (χ0n) is 16.7. The van der Waals surface area contributed by atoms with Crippen LogP contribution in [0, 0.1) is 6.92 Å². The van der Waals surface area contributed by atoms with E-state index < -0.39 is 5.25 Å². The second-order valence-electron chi connectivity index (χ2n) is 7.19. The van der Waals surface area contributed by atoms with E-state index in [0.717, 1.165) is 24.1 Å². The summed E-state index contributed by atoms with van der Waals surface area (Å²) >= 11 is 2.65. The molecule has 9 heteroatoms. The molecule has 0 radical (unpaired) electrons. The molecule has 0 saturated carbocycles. The van der Waals surface area contributed by atoms with Crippen molar-refractivity contribution in [3.8, 4) is 11.3 Å². The molecule has 2 aromatic heterocycles. The Hall–Kier alpha value is -2.65. The van der Waals surface area contributed by atoms with Gasteiger partial charge < -0.3 is 15.2 Å². The molecule has 7 nitrogen and oxygen atoms in total. The minimum absolute atomic E-state index is 0.153. The lowest BCUT2D eigenvalue weighted by Gasteiger charge is -2.09. The summed E-state index contributed by atoms with van der Waals surface area (Å²) in [6, 6.07) is 8.12. The van der Waals surface area contributed by atoms with Gasteiger partial charge in [-0.3, -0.25) is 9.59 Å². The largest absolute Gasteiger partial charge is 0.360 e. The van der Waals surface area contributed by atoms with Crippen LogP contribution in [0.3, 0.4) is 0 Å². The third kappa shape index (κ3) is 4.91. The Kier molecular flexibility index (Phi) is 6.19. The standard InChI is InChI=1S/C21H22N4O3S2/c1-12-8-18(25-28-12)23-20(27)13(2)29-11-19(26)24-21-22-17(10-30-21)16-7-6-14-4-3-5-15(14)9-16/h6-10,13H,3-5,11H2,1-2H3,(H,22,24,26)(H,23,25,27). The van der Waals surface area contributed by atoms with Crippen molar-refractivity contribution >= 4 is 45.9 Å². The first-order valence-corrected chi connectivity index (χ1v) is 11.6. The number of aryl methyl sites for hydroxylation is 3. The van der Waals surface area contributed by atoms with Gasteiger partial charge in [0.25, 0.3) is 0 Å². The molecular weight excluding hydrogens is 420 g/mol. The lowest BCUT2D eigenvalue weighted by molar-refractivity contribution is -0.115. The smallest absolute Gasteiger partial charge is 0.238 e. The second-order valence-corrected chi connectivity index (χ2v) is 9.38. The highest BCUT2D eigenvalue weighted by Crippen LogP contribution is 2.30. The van der Waals surface area contributed by atoms with E-state index in [4.69, 9.17) is 4.52 Å². The number of rotatable bonds is 7. The molecule has 0 bridgehead atoms. The van der Waals surface area contributed by atoms with E-state index in [1.54, 1.807) is 19.9 Å². The summed E-state index contributed by atoms with van der Waals surface area (Å²) in [7, 11) is 0. The molecule has 1 unspecified atom stereocenters. The topological polar surface area (TPSA) is 97.1 Å². The van der Waals surface area contributed by atoms with E-state index in [2.05, 4.69) is 39.0 Å². The van der Waals surface area contributed by atoms with Crippen LogP contribution in [-0.4, -0.2) is 33.0 Å². The number of hydrogen-bond donors (Lipinski definition) is 2. The van der Waals surface area contributed by atoms with Crippen molar-refractivity contribution in [2.24, 2.45) is 0 Å². The molecule has 4 rings (SSSR count). The molecule has 30 heavy (non-hydrogen) atoms. The van der Waals surface area contributed by atoms with E-state index in [-0.39, 0.29) is 17.6 Å². The molecule has 1 aliphatic carbocycles. The van der Waals surface area contributed by atoms with Crippen molar-refractivity contribution in [3.05, 3.63) is 46.5 Å². The van der Waals surface area contributed by atoms with Crippen molar-refractivity contribution in [3.63, 3.8) is 0 Å². The second kappa shape index (κ2) is 9.01. The normalized spacial score (nSPS) is 13.7. The first kappa shape index (κ1) is 20.6. The van der Waals surface area contributed by atoms with Gasteiger partial charge in [0.15, 0.2) is 10.9 Å². The third-order valence-corrected chi connectivity index (χ3v) is 6.76. The maximum absolute atomic E-state index is 12.3. The number of thiazole rings is 1. The fraction of sp³-hybridized carbons (Fsp3) is 0.333. The molecule has 1 aromatic carbocycles. The van der Waals surface area contributed by atoms with Crippen LogP contribution in [0.2, 0.25) is 0 Å². The minimum Gasteiger partial charge on any atom is -0.360 e. The minimum atomic E-state index is -0.411. The van der Waals surface area contributed by atoms with Gasteiger partial charge in [0, 0.05) is 17.0 Å². The number of anilines is 2. The zero-order valence-corrected chi connectivity index (χ0v) is 18.4. The molecule has 1 aliphatic rings. The number of nitrogens with one attached hydrogen (secondary N) is 2. The zero-order chi connectivity index (χ0) is 21.1.